The van der Waals surface area contributed by atoms with E-state index >= 15 is 0 Å². The number of thiazole rings is 1. The third-order valence-corrected chi connectivity index (χ3v) is 3.52. The molecule has 1 aliphatic carbocycles. The zero-order chi connectivity index (χ0) is 10.7. The minimum absolute atomic E-state index is 0.0251. The van der Waals surface area contributed by atoms with E-state index in [4.69, 9.17) is 4.74 Å². The van der Waals surface area contributed by atoms with Crippen LogP contribution in [0.3, 0.4) is 0 Å². The van der Waals surface area contributed by atoms with Gasteiger partial charge >= 0.3 is 0 Å². The second-order valence-corrected chi connectivity index (χ2v) is 4.97. The van der Waals surface area contributed by atoms with Crippen molar-refractivity contribution in [2.45, 2.75) is 38.4 Å². The predicted octanol–water partition coefficient (Wildman–Crippen LogP) is 1.86. The number of rotatable bonds is 6. The largest absolute Gasteiger partial charge is 0.390 e. The van der Waals surface area contributed by atoms with Gasteiger partial charge in [0, 0.05) is 24.1 Å². The van der Waals surface area contributed by atoms with Gasteiger partial charge in [-0.05, 0) is 25.7 Å². The summed E-state index contributed by atoms with van der Waals surface area (Å²) < 4.78 is 5.61. The maximum Gasteiger partial charge on any atom is 0.0865 e. The lowest BCUT2D eigenvalue weighted by Gasteiger charge is -2.22. The molecule has 1 heterocycles. The van der Waals surface area contributed by atoms with E-state index in [0.717, 1.165) is 4.88 Å². The smallest absolute Gasteiger partial charge is 0.0865 e. The van der Waals surface area contributed by atoms with Gasteiger partial charge in [0.25, 0.3) is 0 Å². The van der Waals surface area contributed by atoms with Gasteiger partial charge in [0.2, 0.25) is 0 Å². The first kappa shape index (κ1) is 11.0. The summed E-state index contributed by atoms with van der Waals surface area (Å²) in [4.78, 5) is 5.14. The van der Waals surface area contributed by atoms with Crippen molar-refractivity contribution in [3.8, 4) is 0 Å². The maximum absolute atomic E-state index is 10.1. The van der Waals surface area contributed by atoms with E-state index in [0.29, 0.717) is 18.9 Å². The fourth-order valence-electron chi connectivity index (χ4n) is 1.84. The fraction of sp³-hybridized carbons (Fsp3) is 0.727. The van der Waals surface area contributed by atoms with Crippen LogP contribution in [0.5, 0.6) is 0 Å². The molecule has 1 fully saturated rings. The van der Waals surface area contributed by atoms with Crippen molar-refractivity contribution < 1.29 is 9.84 Å². The van der Waals surface area contributed by atoms with Gasteiger partial charge in [-0.25, -0.2) is 0 Å². The Morgan fingerprint density at radius 2 is 2.47 bits per heavy atom. The Labute approximate surface area is 94.1 Å². The molecule has 0 amide bonds. The molecule has 15 heavy (non-hydrogen) atoms. The first-order valence-electron chi connectivity index (χ1n) is 5.48. The standard InChI is InChI=1S/C11H17NO2S/c1-2-14-11(8-3-4-8)10(13)5-9-6-12-7-15-9/h6-8,10-11,13H,2-5H2,1H3. The molecule has 1 saturated carbocycles. The van der Waals surface area contributed by atoms with Crippen LogP contribution in [0, 0.1) is 5.92 Å². The van der Waals surface area contributed by atoms with Gasteiger partial charge in [-0.1, -0.05) is 0 Å². The van der Waals surface area contributed by atoms with Crippen LogP contribution in [0.25, 0.3) is 0 Å². The summed E-state index contributed by atoms with van der Waals surface area (Å²) in [5, 5.41) is 10.1. The number of aliphatic hydroxyl groups is 1. The second kappa shape index (κ2) is 5.05. The monoisotopic (exact) mass is 227 g/mol. The first-order valence-corrected chi connectivity index (χ1v) is 6.36. The summed E-state index contributed by atoms with van der Waals surface area (Å²) in [6.07, 6.45) is 4.54. The lowest BCUT2D eigenvalue weighted by molar-refractivity contribution is -0.0436. The minimum atomic E-state index is -0.377. The zero-order valence-corrected chi connectivity index (χ0v) is 9.74. The van der Waals surface area contributed by atoms with Gasteiger partial charge in [0.05, 0.1) is 17.7 Å². The van der Waals surface area contributed by atoms with Crippen LogP contribution < -0.4 is 0 Å². The summed E-state index contributed by atoms with van der Waals surface area (Å²) >= 11 is 1.59. The number of hydrogen-bond donors (Lipinski definition) is 1. The highest BCUT2D eigenvalue weighted by Gasteiger charge is 2.36. The summed E-state index contributed by atoms with van der Waals surface area (Å²) in [5.74, 6) is 0.577. The molecule has 2 rings (SSSR count). The third kappa shape index (κ3) is 3.00. The maximum atomic E-state index is 10.1. The van der Waals surface area contributed by atoms with Gasteiger partial charge in [-0.15, -0.1) is 11.3 Å². The molecule has 1 aromatic heterocycles. The molecule has 0 aromatic carbocycles. The van der Waals surface area contributed by atoms with Crippen LogP contribution in [0.2, 0.25) is 0 Å². The predicted molar refractivity (Wildman–Crippen MR) is 60.0 cm³/mol. The van der Waals surface area contributed by atoms with Crippen LogP contribution in [-0.4, -0.2) is 28.9 Å². The molecule has 0 saturated heterocycles. The lowest BCUT2D eigenvalue weighted by Crippen LogP contribution is -2.32. The minimum Gasteiger partial charge on any atom is -0.390 e. The lowest BCUT2D eigenvalue weighted by atomic mass is 10.1. The Balaban J connectivity index is 1.89. The number of aliphatic hydroxyl groups excluding tert-OH is 1. The molecule has 4 heteroatoms. The highest BCUT2D eigenvalue weighted by molar-refractivity contribution is 7.09. The Morgan fingerprint density at radius 3 is 3.00 bits per heavy atom. The van der Waals surface area contributed by atoms with E-state index in [1.54, 1.807) is 16.8 Å². The fourth-order valence-corrected chi connectivity index (χ4v) is 2.49. The Bertz CT molecular complexity index is 285. The molecule has 1 N–H and O–H groups in total. The molecule has 0 aliphatic heterocycles. The topological polar surface area (TPSA) is 42.4 Å². The Hall–Kier alpha value is -0.450. The van der Waals surface area contributed by atoms with E-state index in [1.165, 1.54) is 12.8 Å². The first-order chi connectivity index (χ1) is 7.31. The molecule has 0 spiro atoms. The van der Waals surface area contributed by atoms with Crippen LogP contribution in [0.4, 0.5) is 0 Å². The Morgan fingerprint density at radius 1 is 1.67 bits per heavy atom. The normalized spacial score (nSPS) is 20.1. The van der Waals surface area contributed by atoms with Gasteiger partial charge in [0.1, 0.15) is 0 Å². The van der Waals surface area contributed by atoms with Gasteiger partial charge < -0.3 is 9.84 Å². The molecular formula is C11H17NO2S. The van der Waals surface area contributed by atoms with Crippen LogP contribution in [-0.2, 0) is 11.2 Å². The quantitative estimate of drug-likeness (QED) is 0.806. The van der Waals surface area contributed by atoms with E-state index in [2.05, 4.69) is 4.98 Å². The van der Waals surface area contributed by atoms with E-state index in [1.807, 2.05) is 13.1 Å². The van der Waals surface area contributed by atoms with Crippen molar-refractivity contribution in [3.63, 3.8) is 0 Å². The van der Waals surface area contributed by atoms with Crippen molar-refractivity contribution in [2.75, 3.05) is 6.61 Å². The Kier molecular flexibility index (Phi) is 3.72. The van der Waals surface area contributed by atoms with Crippen molar-refractivity contribution >= 4 is 11.3 Å². The molecule has 84 valence electrons. The zero-order valence-electron chi connectivity index (χ0n) is 8.93. The van der Waals surface area contributed by atoms with Crippen LogP contribution in [0.15, 0.2) is 11.7 Å². The molecule has 1 aliphatic rings. The van der Waals surface area contributed by atoms with Crippen LogP contribution in [0.1, 0.15) is 24.6 Å². The average Bonchev–Trinajstić information content (AvgIpc) is 2.93. The van der Waals surface area contributed by atoms with Crippen molar-refractivity contribution in [1.82, 2.24) is 4.98 Å². The number of nitrogens with zero attached hydrogens (tertiary/aromatic N) is 1. The number of aromatic nitrogens is 1. The van der Waals surface area contributed by atoms with E-state index in [-0.39, 0.29) is 12.2 Å². The van der Waals surface area contributed by atoms with E-state index in [9.17, 15) is 5.11 Å². The molecule has 1 aromatic rings. The average molecular weight is 227 g/mol. The third-order valence-electron chi connectivity index (χ3n) is 2.72. The molecule has 0 bridgehead atoms. The number of hydrogen-bond acceptors (Lipinski definition) is 4. The van der Waals surface area contributed by atoms with Crippen molar-refractivity contribution in [3.05, 3.63) is 16.6 Å². The summed E-state index contributed by atoms with van der Waals surface area (Å²) in [7, 11) is 0. The summed E-state index contributed by atoms with van der Waals surface area (Å²) in [6.45, 7) is 2.66. The molecule has 0 radical (unpaired) electrons. The van der Waals surface area contributed by atoms with Gasteiger partial charge in [-0.3, -0.25) is 4.98 Å². The molecule has 2 unspecified atom stereocenters. The van der Waals surface area contributed by atoms with Crippen LogP contribution >= 0.6 is 11.3 Å². The van der Waals surface area contributed by atoms with Gasteiger partial charge in [0.15, 0.2) is 0 Å². The number of ether oxygens (including phenoxy) is 1. The second-order valence-electron chi connectivity index (χ2n) is 4.00. The van der Waals surface area contributed by atoms with Crippen molar-refractivity contribution in [2.24, 2.45) is 5.92 Å². The highest BCUT2D eigenvalue weighted by Crippen LogP contribution is 2.36. The summed E-state index contributed by atoms with van der Waals surface area (Å²) in [5.41, 5.74) is 1.80. The van der Waals surface area contributed by atoms with Gasteiger partial charge in [-0.2, -0.15) is 0 Å². The SMILES string of the molecule is CCOC(C(O)Cc1cncs1)C1CC1. The molecular weight excluding hydrogens is 210 g/mol. The van der Waals surface area contributed by atoms with E-state index < -0.39 is 0 Å². The molecule has 3 nitrogen and oxygen atoms in total. The summed E-state index contributed by atoms with van der Waals surface area (Å²) in [6, 6.07) is 0. The van der Waals surface area contributed by atoms with Crippen molar-refractivity contribution in [1.29, 1.82) is 0 Å². The molecule has 2 atom stereocenters. The highest BCUT2D eigenvalue weighted by atomic mass is 32.1.